The van der Waals surface area contributed by atoms with Crippen LogP contribution >= 0.6 is 0 Å². The fourth-order valence-corrected chi connectivity index (χ4v) is 5.97. The van der Waals surface area contributed by atoms with Gasteiger partial charge in [0.2, 0.25) is 11.8 Å². The Labute approximate surface area is 215 Å². The highest BCUT2D eigenvalue weighted by atomic mass is 19.1. The molecule has 1 aromatic heterocycles. The summed E-state index contributed by atoms with van der Waals surface area (Å²) >= 11 is 0. The highest BCUT2D eigenvalue weighted by molar-refractivity contribution is 5.96. The van der Waals surface area contributed by atoms with Gasteiger partial charge in [-0.15, -0.1) is 0 Å². The quantitative estimate of drug-likeness (QED) is 0.358. The lowest BCUT2D eigenvalue weighted by Gasteiger charge is -2.42. The first-order chi connectivity index (χ1) is 17.6. The molecule has 1 aromatic rings. The number of nitrogens with two attached hydrogens (primary N) is 1. The third kappa shape index (κ3) is 5.41. The first-order valence-electron chi connectivity index (χ1n) is 13.0. The number of amides is 2. The van der Waals surface area contributed by atoms with Gasteiger partial charge in [0.15, 0.2) is 5.82 Å². The SMILES string of the molecule is CC1(C)CN(C(=O)C2CCN(c3c(F)cncc3NC(=O)C3C(N)NN4CC(F)CNC34)CC2)CCN1. The summed E-state index contributed by atoms with van der Waals surface area (Å²) in [6.07, 6.45) is 1.49. The number of piperidine rings is 1. The molecule has 4 aliphatic rings. The van der Waals surface area contributed by atoms with Crippen molar-refractivity contribution in [3.05, 3.63) is 18.2 Å². The van der Waals surface area contributed by atoms with E-state index in [9.17, 15) is 14.0 Å². The summed E-state index contributed by atoms with van der Waals surface area (Å²) in [5.41, 5.74) is 9.50. The van der Waals surface area contributed by atoms with E-state index < -0.39 is 36.1 Å². The van der Waals surface area contributed by atoms with Crippen LogP contribution in [0.4, 0.5) is 20.2 Å². The summed E-state index contributed by atoms with van der Waals surface area (Å²) in [4.78, 5) is 34.2. The number of nitrogens with zero attached hydrogens (tertiary/aromatic N) is 4. The zero-order valence-corrected chi connectivity index (χ0v) is 21.3. The van der Waals surface area contributed by atoms with Crippen molar-refractivity contribution in [2.24, 2.45) is 17.6 Å². The van der Waals surface area contributed by atoms with E-state index in [0.717, 1.165) is 12.7 Å². The lowest BCUT2D eigenvalue weighted by Crippen LogP contribution is -2.59. The predicted molar refractivity (Wildman–Crippen MR) is 134 cm³/mol. The van der Waals surface area contributed by atoms with Gasteiger partial charge in [0, 0.05) is 57.3 Å². The maximum absolute atomic E-state index is 15.0. The van der Waals surface area contributed by atoms with Crippen molar-refractivity contribution >= 4 is 23.2 Å². The average molecular weight is 522 g/mol. The summed E-state index contributed by atoms with van der Waals surface area (Å²) in [7, 11) is 0. The number of carbonyl (C=O) groups excluding carboxylic acids is 2. The van der Waals surface area contributed by atoms with Crippen molar-refractivity contribution in [3.8, 4) is 0 Å². The molecule has 0 bridgehead atoms. The fraction of sp³-hybridized carbons (Fsp3) is 0.708. The molecule has 0 saturated carbocycles. The van der Waals surface area contributed by atoms with E-state index in [4.69, 9.17) is 5.73 Å². The predicted octanol–water partition coefficient (Wildman–Crippen LogP) is -0.425. The maximum Gasteiger partial charge on any atom is 0.233 e. The van der Waals surface area contributed by atoms with E-state index >= 15 is 4.39 Å². The number of alkyl halides is 1. The highest BCUT2D eigenvalue weighted by Gasteiger charge is 2.47. The molecule has 0 spiro atoms. The smallest absolute Gasteiger partial charge is 0.233 e. The van der Waals surface area contributed by atoms with Gasteiger partial charge in [0.1, 0.15) is 11.9 Å². The lowest BCUT2D eigenvalue weighted by molar-refractivity contribution is -0.138. The molecule has 5 heterocycles. The van der Waals surface area contributed by atoms with E-state index in [1.807, 2.05) is 9.80 Å². The number of hydrogen-bond donors (Lipinski definition) is 5. The van der Waals surface area contributed by atoms with Crippen LogP contribution < -0.4 is 32.0 Å². The Morgan fingerprint density at radius 2 is 1.97 bits per heavy atom. The molecule has 5 rings (SSSR count). The van der Waals surface area contributed by atoms with Crippen molar-refractivity contribution in [3.63, 3.8) is 0 Å². The van der Waals surface area contributed by atoms with Crippen LogP contribution in [0.25, 0.3) is 0 Å². The average Bonchev–Trinajstić information content (AvgIpc) is 3.18. The van der Waals surface area contributed by atoms with Gasteiger partial charge < -0.3 is 26.2 Å². The molecule has 6 N–H and O–H groups in total. The van der Waals surface area contributed by atoms with E-state index in [1.54, 1.807) is 5.01 Å². The number of hydrogen-bond acceptors (Lipinski definition) is 9. The van der Waals surface area contributed by atoms with Gasteiger partial charge in [-0.3, -0.25) is 19.9 Å². The van der Waals surface area contributed by atoms with Gasteiger partial charge in [-0.05, 0) is 26.7 Å². The Hall–Kier alpha value is -2.45. The standard InChI is InChI=1S/C24H37F2N9O2/c1-24(2)13-34(8-5-30-24)23(37)14-3-6-33(7-4-14)19-16(26)10-28-11-17(19)31-22(36)18-20(27)32-35-12-15(25)9-29-21(18)35/h10-11,14-15,18,20-21,29-30,32H,3-9,12-13,27H2,1-2H3,(H,31,36). The first-order valence-corrected chi connectivity index (χ1v) is 13.0. The van der Waals surface area contributed by atoms with Crippen LogP contribution in [0.2, 0.25) is 0 Å². The Bertz CT molecular complexity index is 1020. The maximum atomic E-state index is 15.0. The monoisotopic (exact) mass is 521 g/mol. The van der Waals surface area contributed by atoms with Gasteiger partial charge in [0.25, 0.3) is 0 Å². The third-order valence-electron chi connectivity index (χ3n) is 7.80. The summed E-state index contributed by atoms with van der Waals surface area (Å²) in [5.74, 6) is -1.62. The second-order valence-corrected chi connectivity index (χ2v) is 11.1. The lowest BCUT2D eigenvalue weighted by atomic mass is 9.93. The van der Waals surface area contributed by atoms with Gasteiger partial charge in [-0.1, -0.05) is 0 Å². The van der Waals surface area contributed by atoms with Crippen LogP contribution in [0.5, 0.6) is 0 Å². The zero-order valence-electron chi connectivity index (χ0n) is 21.3. The number of anilines is 2. The molecular weight excluding hydrogens is 484 g/mol. The minimum absolute atomic E-state index is 0.113. The van der Waals surface area contributed by atoms with Crippen LogP contribution in [-0.2, 0) is 9.59 Å². The van der Waals surface area contributed by atoms with Crippen LogP contribution in [-0.4, -0.2) is 96.6 Å². The zero-order chi connectivity index (χ0) is 26.3. The summed E-state index contributed by atoms with van der Waals surface area (Å²) in [5, 5.41) is 10.9. The molecule has 0 aliphatic carbocycles. The number of rotatable bonds is 4. The fourth-order valence-electron chi connectivity index (χ4n) is 5.97. The van der Waals surface area contributed by atoms with Crippen LogP contribution in [0.1, 0.15) is 26.7 Å². The van der Waals surface area contributed by atoms with Crippen molar-refractivity contribution in [1.82, 2.24) is 31.0 Å². The Morgan fingerprint density at radius 1 is 1.22 bits per heavy atom. The molecular formula is C24H37F2N9O2. The molecule has 0 aromatic carbocycles. The van der Waals surface area contributed by atoms with Crippen LogP contribution in [0, 0.1) is 17.7 Å². The molecule has 4 atom stereocenters. The Morgan fingerprint density at radius 3 is 2.70 bits per heavy atom. The topological polar surface area (TPSA) is 131 Å². The highest BCUT2D eigenvalue weighted by Crippen LogP contribution is 2.34. The largest absolute Gasteiger partial charge is 0.367 e. The van der Waals surface area contributed by atoms with E-state index in [1.165, 1.54) is 6.20 Å². The van der Waals surface area contributed by atoms with Gasteiger partial charge in [-0.25, -0.2) is 19.2 Å². The van der Waals surface area contributed by atoms with E-state index in [2.05, 4.69) is 40.2 Å². The second-order valence-electron chi connectivity index (χ2n) is 11.1. The summed E-state index contributed by atoms with van der Waals surface area (Å²) in [6.45, 7) is 7.52. The molecule has 37 heavy (non-hydrogen) atoms. The minimum Gasteiger partial charge on any atom is -0.367 e. The van der Waals surface area contributed by atoms with Crippen LogP contribution in [0.15, 0.2) is 12.4 Å². The Kier molecular flexibility index (Phi) is 7.33. The van der Waals surface area contributed by atoms with Crippen molar-refractivity contribution in [1.29, 1.82) is 0 Å². The molecule has 204 valence electrons. The molecule has 4 saturated heterocycles. The number of piperazine rings is 1. The van der Waals surface area contributed by atoms with Crippen molar-refractivity contribution in [2.75, 3.05) is 56.0 Å². The molecule has 0 radical (unpaired) electrons. The number of nitrogens with one attached hydrogen (secondary N) is 4. The van der Waals surface area contributed by atoms with Crippen molar-refractivity contribution < 1.29 is 18.4 Å². The number of hydrazine groups is 1. The minimum atomic E-state index is -1.07. The number of carbonyl (C=O) groups is 2. The molecule has 4 fully saturated rings. The number of aromatic nitrogens is 1. The first kappa shape index (κ1) is 26.2. The summed E-state index contributed by atoms with van der Waals surface area (Å²) < 4.78 is 28.8. The molecule has 13 heteroatoms. The number of pyridine rings is 1. The molecule has 4 aliphatic heterocycles. The van der Waals surface area contributed by atoms with Gasteiger partial charge in [0.05, 0.1) is 36.3 Å². The van der Waals surface area contributed by atoms with E-state index in [0.29, 0.717) is 39.0 Å². The number of fused-ring (bicyclic) bond motifs is 1. The second kappa shape index (κ2) is 10.4. The van der Waals surface area contributed by atoms with Crippen LogP contribution in [0.3, 0.4) is 0 Å². The third-order valence-corrected chi connectivity index (χ3v) is 7.80. The van der Waals surface area contributed by atoms with E-state index in [-0.39, 0.29) is 41.8 Å². The molecule has 11 nitrogen and oxygen atoms in total. The normalized spacial score (nSPS) is 30.7. The summed E-state index contributed by atoms with van der Waals surface area (Å²) in [6, 6.07) is 0. The Balaban J connectivity index is 1.25. The number of halogens is 2. The molecule has 4 unspecified atom stereocenters. The van der Waals surface area contributed by atoms with Crippen molar-refractivity contribution in [2.45, 2.75) is 50.7 Å². The molecule has 2 amide bonds. The van der Waals surface area contributed by atoms with Gasteiger partial charge >= 0.3 is 0 Å². The van der Waals surface area contributed by atoms with Gasteiger partial charge in [-0.2, -0.15) is 0 Å².